The summed E-state index contributed by atoms with van der Waals surface area (Å²) < 4.78 is 5.42. The molecule has 5 heteroatoms. The first-order valence-corrected chi connectivity index (χ1v) is 6.49. The maximum absolute atomic E-state index is 11.8. The molecule has 92 valence electrons. The van der Waals surface area contributed by atoms with E-state index in [0.29, 0.717) is 16.3 Å². The molecule has 1 fully saturated rings. The average molecular weight is 253 g/mol. The molecule has 4 nitrogen and oxygen atoms in total. The highest BCUT2D eigenvalue weighted by Crippen LogP contribution is 2.17. The van der Waals surface area contributed by atoms with Gasteiger partial charge in [-0.25, -0.2) is 0 Å². The predicted octanol–water partition coefficient (Wildman–Crippen LogP) is 1.86. The fraction of sp³-hybridized carbons (Fsp3) is 0.500. The lowest BCUT2D eigenvalue weighted by Gasteiger charge is -2.09. The van der Waals surface area contributed by atoms with E-state index in [9.17, 15) is 9.59 Å². The van der Waals surface area contributed by atoms with E-state index in [0.717, 1.165) is 19.4 Å². The first-order chi connectivity index (χ1) is 8.16. The number of ketones is 1. The quantitative estimate of drug-likeness (QED) is 0.833. The van der Waals surface area contributed by atoms with E-state index < -0.39 is 0 Å². The van der Waals surface area contributed by atoms with Crippen LogP contribution in [0.15, 0.2) is 12.1 Å². The van der Waals surface area contributed by atoms with Crippen LogP contribution >= 0.6 is 11.3 Å². The van der Waals surface area contributed by atoms with Crippen LogP contribution in [-0.2, 0) is 4.74 Å². The van der Waals surface area contributed by atoms with Gasteiger partial charge in [0.2, 0.25) is 0 Å². The summed E-state index contributed by atoms with van der Waals surface area (Å²) in [5.41, 5.74) is 0. The standard InChI is InChI=1S/C12H15NO3S/c1-8(14)10-4-5-11(17-10)12(15)13-7-9-3-2-6-16-9/h4-5,9H,2-3,6-7H2,1H3,(H,13,15). The molecule has 17 heavy (non-hydrogen) atoms. The molecule has 1 atom stereocenters. The minimum atomic E-state index is -0.127. The molecule has 1 aromatic rings. The van der Waals surface area contributed by atoms with Gasteiger partial charge < -0.3 is 10.1 Å². The van der Waals surface area contributed by atoms with Crippen LogP contribution in [0.3, 0.4) is 0 Å². The predicted molar refractivity (Wildman–Crippen MR) is 65.6 cm³/mol. The number of nitrogens with one attached hydrogen (secondary N) is 1. The number of carbonyl (C=O) groups is 2. The molecule has 1 unspecified atom stereocenters. The zero-order chi connectivity index (χ0) is 12.3. The maximum Gasteiger partial charge on any atom is 0.261 e. The fourth-order valence-corrected chi connectivity index (χ4v) is 2.57. The van der Waals surface area contributed by atoms with Crippen molar-refractivity contribution in [3.8, 4) is 0 Å². The third-order valence-electron chi connectivity index (χ3n) is 2.69. The van der Waals surface area contributed by atoms with E-state index in [1.54, 1.807) is 12.1 Å². The molecule has 1 aliphatic heterocycles. The second kappa shape index (κ2) is 5.42. The SMILES string of the molecule is CC(=O)c1ccc(C(=O)NCC2CCCO2)s1. The van der Waals surface area contributed by atoms with Crippen LogP contribution in [0, 0.1) is 0 Å². The molecule has 0 radical (unpaired) electrons. The number of hydrogen-bond acceptors (Lipinski definition) is 4. The van der Waals surface area contributed by atoms with Gasteiger partial charge in [0, 0.05) is 13.2 Å². The van der Waals surface area contributed by atoms with Crippen molar-refractivity contribution in [2.75, 3.05) is 13.2 Å². The Morgan fingerprint density at radius 3 is 2.82 bits per heavy atom. The summed E-state index contributed by atoms with van der Waals surface area (Å²) in [4.78, 5) is 24.1. The lowest BCUT2D eigenvalue weighted by molar-refractivity contribution is 0.0861. The van der Waals surface area contributed by atoms with Crippen molar-refractivity contribution in [3.05, 3.63) is 21.9 Å². The molecule has 0 aromatic carbocycles. The normalized spacial score (nSPS) is 19.2. The minimum Gasteiger partial charge on any atom is -0.376 e. The molecular weight excluding hydrogens is 238 g/mol. The van der Waals surface area contributed by atoms with Crippen LogP contribution in [0.4, 0.5) is 0 Å². The van der Waals surface area contributed by atoms with Crippen molar-refractivity contribution in [3.63, 3.8) is 0 Å². The van der Waals surface area contributed by atoms with Crippen molar-refractivity contribution in [1.29, 1.82) is 0 Å². The largest absolute Gasteiger partial charge is 0.376 e. The van der Waals surface area contributed by atoms with Gasteiger partial charge in [0.1, 0.15) is 0 Å². The first kappa shape index (κ1) is 12.3. The van der Waals surface area contributed by atoms with Gasteiger partial charge >= 0.3 is 0 Å². The highest BCUT2D eigenvalue weighted by atomic mass is 32.1. The van der Waals surface area contributed by atoms with E-state index in [2.05, 4.69) is 5.32 Å². The molecule has 0 saturated carbocycles. The topological polar surface area (TPSA) is 55.4 Å². The van der Waals surface area contributed by atoms with Crippen LogP contribution in [0.1, 0.15) is 39.1 Å². The Morgan fingerprint density at radius 1 is 1.47 bits per heavy atom. The zero-order valence-corrected chi connectivity index (χ0v) is 10.5. The summed E-state index contributed by atoms with van der Waals surface area (Å²) in [5, 5.41) is 2.83. The Balaban J connectivity index is 1.87. The highest BCUT2D eigenvalue weighted by Gasteiger charge is 2.17. The molecule has 1 amide bonds. The number of carbonyl (C=O) groups excluding carboxylic acids is 2. The second-order valence-corrected chi connectivity index (χ2v) is 5.15. The molecule has 1 N–H and O–H groups in total. The Morgan fingerprint density at radius 2 is 2.24 bits per heavy atom. The number of hydrogen-bond donors (Lipinski definition) is 1. The van der Waals surface area contributed by atoms with Gasteiger partial charge in [-0.1, -0.05) is 0 Å². The summed E-state index contributed by atoms with van der Waals surface area (Å²) in [5.74, 6) is -0.133. The van der Waals surface area contributed by atoms with Gasteiger partial charge in [0.05, 0.1) is 15.9 Å². The molecule has 2 heterocycles. The molecule has 0 bridgehead atoms. The monoisotopic (exact) mass is 253 g/mol. The molecule has 1 saturated heterocycles. The number of rotatable bonds is 4. The van der Waals surface area contributed by atoms with Gasteiger partial charge in [0.15, 0.2) is 5.78 Å². The Kier molecular flexibility index (Phi) is 3.91. The highest BCUT2D eigenvalue weighted by molar-refractivity contribution is 7.15. The van der Waals surface area contributed by atoms with Crippen LogP contribution in [0.2, 0.25) is 0 Å². The van der Waals surface area contributed by atoms with Crippen molar-refractivity contribution in [2.45, 2.75) is 25.9 Å². The Hall–Kier alpha value is -1.20. The summed E-state index contributed by atoms with van der Waals surface area (Å²) in [6.07, 6.45) is 2.21. The van der Waals surface area contributed by atoms with Crippen LogP contribution in [0.5, 0.6) is 0 Å². The third kappa shape index (κ3) is 3.14. The summed E-state index contributed by atoms with van der Waals surface area (Å²) in [6.45, 7) is 2.83. The molecule has 1 aromatic heterocycles. The molecule has 0 spiro atoms. The zero-order valence-electron chi connectivity index (χ0n) is 9.69. The summed E-state index contributed by atoms with van der Waals surface area (Å²) in [6, 6.07) is 3.38. The lowest BCUT2D eigenvalue weighted by Crippen LogP contribution is -2.31. The Labute approximate surface area is 104 Å². The van der Waals surface area contributed by atoms with Gasteiger partial charge in [-0.2, -0.15) is 0 Å². The van der Waals surface area contributed by atoms with Gasteiger partial charge in [-0.15, -0.1) is 11.3 Å². The van der Waals surface area contributed by atoms with Crippen LogP contribution < -0.4 is 5.32 Å². The maximum atomic E-state index is 11.8. The van der Waals surface area contributed by atoms with Crippen LogP contribution in [0.25, 0.3) is 0 Å². The third-order valence-corrected chi connectivity index (χ3v) is 3.88. The molecule has 0 aliphatic carbocycles. The van der Waals surface area contributed by atoms with Gasteiger partial charge in [-0.3, -0.25) is 9.59 Å². The van der Waals surface area contributed by atoms with Crippen molar-refractivity contribution in [2.24, 2.45) is 0 Å². The van der Waals surface area contributed by atoms with E-state index >= 15 is 0 Å². The van der Waals surface area contributed by atoms with Crippen molar-refractivity contribution < 1.29 is 14.3 Å². The number of amides is 1. The van der Waals surface area contributed by atoms with E-state index in [1.165, 1.54) is 18.3 Å². The second-order valence-electron chi connectivity index (χ2n) is 4.07. The number of ether oxygens (including phenoxy) is 1. The van der Waals surface area contributed by atoms with E-state index in [1.807, 2.05) is 0 Å². The molecule has 2 rings (SSSR count). The fourth-order valence-electron chi connectivity index (χ4n) is 1.75. The first-order valence-electron chi connectivity index (χ1n) is 5.67. The summed E-state index contributed by atoms with van der Waals surface area (Å²) >= 11 is 1.23. The van der Waals surface area contributed by atoms with Gasteiger partial charge in [-0.05, 0) is 31.9 Å². The van der Waals surface area contributed by atoms with Crippen LogP contribution in [-0.4, -0.2) is 30.9 Å². The van der Waals surface area contributed by atoms with E-state index in [-0.39, 0.29) is 17.8 Å². The Bertz CT molecular complexity index is 421. The van der Waals surface area contributed by atoms with Gasteiger partial charge in [0.25, 0.3) is 5.91 Å². The van der Waals surface area contributed by atoms with Crippen molar-refractivity contribution >= 4 is 23.0 Å². The summed E-state index contributed by atoms with van der Waals surface area (Å²) in [7, 11) is 0. The van der Waals surface area contributed by atoms with Crippen molar-refractivity contribution in [1.82, 2.24) is 5.32 Å². The molecule has 1 aliphatic rings. The molecular formula is C12H15NO3S. The minimum absolute atomic E-state index is 0.00632. The van der Waals surface area contributed by atoms with E-state index in [4.69, 9.17) is 4.74 Å². The number of thiophene rings is 1. The number of Topliss-reactive ketones (excluding diaryl/α,β-unsaturated/α-hetero) is 1. The lowest BCUT2D eigenvalue weighted by atomic mass is 10.2. The average Bonchev–Trinajstić information content (AvgIpc) is 2.96. The smallest absolute Gasteiger partial charge is 0.261 e.